The summed E-state index contributed by atoms with van der Waals surface area (Å²) >= 11 is 9.38. The average molecular weight is 368 g/mol. The molecule has 1 aromatic heterocycles. The van der Waals surface area contributed by atoms with Crippen LogP contribution in [0, 0.1) is 5.82 Å². The van der Waals surface area contributed by atoms with Crippen molar-refractivity contribution < 1.29 is 8.91 Å². The quantitative estimate of drug-likeness (QED) is 0.682. The molecule has 0 fully saturated rings. The minimum absolute atomic E-state index is 0.122. The van der Waals surface area contributed by atoms with Crippen molar-refractivity contribution in [3.63, 3.8) is 0 Å². The molecule has 3 nitrogen and oxygen atoms in total. The van der Waals surface area contributed by atoms with Crippen molar-refractivity contribution in [3.8, 4) is 22.4 Å². The number of rotatable bonds is 2. The standard InChI is InChI=1S/C15H9BrClFN2O/c16-11-4-2-1-3-9(11)13-14(20-21-15(13)19)10-7-8(17)5-6-12(10)18/h1-7H,19H2. The Balaban J connectivity index is 2.27. The van der Waals surface area contributed by atoms with E-state index < -0.39 is 5.82 Å². The highest BCUT2D eigenvalue weighted by Gasteiger charge is 2.21. The number of nitrogens with two attached hydrogens (primary N) is 1. The molecule has 3 aromatic rings. The van der Waals surface area contributed by atoms with Gasteiger partial charge in [-0.25, -0.2) is 4.39 Å². The van der Waals surface area contributed by atoms with Crippen LogP contribution in [0.5, 0.6) is 0 Å². The number of anilines is 1. The van der Waals surface area contributed by atoms with Crippen LogP contribution >= 0.6 is 27.5 Å². The minimum atomic E-state index is -0.444. The fraction of sp³-hybridized carbons (Fsp3) is 0. The van der Waals surface area contributed by atoms with Gasteiger partial charge in [0, 0.05) is 20.6 Å². The Hall–Kier alpha value is -1.85. The van der Waals surface area contributed by atoms with Crippen LogP contribution in [-0.2, 0) is 0 Å². The third-order valence-corrected chi connectivity index (χ3v) is 3.97. The number of aromatic nitrogens is 1. The zero-order valence-corrected chi connectivity index (χ0v) is 13.0. The summed E-state index contributed by atoms with van der Waals surface area (Å²) in [5.41, 5.74) is 7.73. The second-order valence-electron chi connectivity index (χ2n) is 4.37. The molecule has 0 aliphatic heterocycles. The summed E-state index contributed by atoms with van der Waals surface area (Å²) < 4.78 is 19.9. The van der Waals surface area contributed by atoms with E-state index in [0.29, 0.717) is 16.3 Å². The topological polar surface area (TPSA) is 52.0 Å². The molecule has 0 aliphatic rings. The number of halogens is 3. The summed E-state index contributed by atoms with van der Waals surface area (Å²) in [6.45, 7) is 0. The van der Waals surface area contributed by atoms with Crippen LogP contribution < -0.4 is 5.73 Å². The van der Waals surface area contributed by atoms with Crippen molar-refractivity contribution in [2.24, 2.45) is 0 Å². The Morgan fingerprint density at radius 3 is 2.67 bits per heavy atom. The second-order valence-corrected chi connectivity index (χ2v) is 5.67. The maximum Gasteiger partial charge on any atom is 0.230 e. The molecule has 106 valence electrons. The lowest BCUT2D eigenvalue weighted by Crippen LogP contribution is -1.91. The summed E-state index contributed by atoms with van der Waals surface area (Å²) in [6, 6.07) is 11.7. The van der Waals surface area contributed by atoms with Crippen molar-refractivity contribution in [3.05, 3.63) is 57.8 Å². The summed E-state index contributed by atoms with van der Waals surface area (Å²) in [5, 5.41) is 4.29. The van der Waals surface area contributed by atoms with Gasteiger partial charge in [0.25, 0.3) is 0 Å². The van der Waals surface area contributed by atoms with Gasteiger partial charge in [-0.15, -0.1) is 0 Å². The Bertz CT molecular complexity index is 819. The molecule has 1 heterocycles. The Labute approximate surface area is 133 Å². The minimum Gasteiger partial charge on any atom is -0.367 e. The molecule has 0 atom stereocenters. The SMILES string of the molecule is Nc1onc(-c2cc(Cl)ccc2F)c1-c1ccccc1Br. The molecule has 0 saturated carbocycles. The van der Waals surface area contributed by atoms with Gasteiger partial charge in [0.1, 0.15) is 11.5 Å². The van der Waals surface area contributed by atoms with Gasteiger partial charge in [-0.05, 0) is 24.3 Å². The summed E-state index contributed by atoms with van der Waals surface area (Å²) in [4.78, 5) is 0. The van der Waals surface area contributed by atoms with E-state index in [4.69, 9.17) is 21.9 Å². The fourth-order valence-corrected chi connectivity index (χ4v) is 2.74. The van der Waals surface area contributed by atoms with E-state index in [0.717, 1.165) is 10.0 Å². The smallest absolute Gasteiger partial charge is 0.230 e. The molecule has 6 heteroatoms. The normalized spacial score (nSPS) is 10.8. The Morgan fingerprint density at radius 1 is 1.14 bits per heavy atom. The molecule has 2 N–H and O–H groups in total. The lowest BCUT2D eigenvalue weighted by molar-refractivity contribution is 0.439. The van der Waals surface area contributed by atoms with E-state index >= 15 is 0 Å². The van der Waals surface area contributed by atoms with Crippen molar-refractivity contribution in [2.45, 2.75) is 0 Å². The van der Waals surface area contributed by atoms with E-state index in [1.807, 2.05) is 24.3 Å². The molecule has 0 unspecified atom stereocenters. The summed E-state index contributed by atoms with van der Waals surface area (Å²) in [6.07, 6.45) is 0. The first kappa shape index (κ1) is 14.1. The number of nitrogens with zero attached hydrogens (tertiary/aromatic N) is 1. The molecule has 3 rings (SSSR count). The first-order valence-electron chi connectivity index (χ1n) is 6.03. The average Bonchev–Trinajstić information content (AvgIpc) is 2.84. The predicted octanol–water partition coefficient (Wildman–Crippen LogP) is 5.15. The van der Waals surface area contributed by atoms with Crippen LogP contribution in [-0.4, -0.2) is 5.16 Å². The lowest BCUT2D eigenvalue weighted by atomic mass is 10.0. The van der Waals surface area contributed by atoms with Gasteiger partial charge in [-0.1, -0.05) is 50.9 Å². The molecule has 0 amide bonds. The van der Waals surface area contributed by atoms with E-state index in [1.165, 1.54) is 18.2 Å². The summed E-state index contributed by atoms with van der Waals surface area (Å²) in [5.74, 6) is -0.322. The maximum absolute atomic E-state index is 14.1. The van der Waals surface area contributed by atoms with Gasteiger partial charge in [0.05, 0.1) is 5.56 Å². The van der Waals surface area contributed by atoms with E-state index in [2.05, 4.69) is 21.1 Å². The van der Waals surface area contributed by atoms with Gasteiger partial charge < -0.3 is 10.3 Å². The van der Waals surface area contributed by atoms with E-state index in [1.54, 1.807) is 0 Å². The highest BCUT2D eigenvalue weighted by atomic mass is 79.9. The number of nitrogen functional groups attached to an aromatic ring is 1. The van der Waals surface area contributed by atoms with Crippen LogP contribution in [0.3, 0.4) is 0 Å². The lowest BCUT2D eigenvalue weighted by Gasteiger charge is -2.06. The zero-order chi connectivity index (χ0) is 15.0. The number of benzene rings is 2. The predicted molar refractivity (Wildman–Crippen MR) is 84.5 cm³/mol. The molecule has 0 spiro atoms. The van der Waals surface area contributed by atoms with Gasteiger partial charge in [-0.3, -0.25) is 0 Å². The zero-order valence-electron chi connectivity index (χ0n) is 10.6. The Morgan fingerprint density at radius 2 is 1.90 bits per heavy atom. The maximum atomic E-state index is 14.1. The molecular weight excluding hydrogens is 359 g/mol. The Kier molecular flexibility index (Phi) is 3.69. The van der Waals surface area contributed by atoms with Crippen LogP contribution in [0.2, 0.25) is 5.02 Å². The first-order chi connectivity index (χ1) is 10.1. The summed E-state index contributed by atoms with van der Waals surface area (Å²) in [7, 11) is 0. The molecule has 21 heavy (non-hydrogen) atoms. The second kappa shape index (κ2) is 5.50. The number of hydrogen-bond donors (Lipinski definition) is 1. The largest absolute Gasteiger partial charge is 0.367 e. The van der Waals surface area contributed by atoms with Crippen LogP contribution in [0.15, 0.2) is 51.5 Å². The molecule has 0 saturated heterocycles. The monoisotopic (exact) mass is 366 g/mol. The number of hydrogen-bond acceptors (Lipinski definition) is 3. The fourth-order valence-electron chi connectivity index (χ4n) is 2.09. The van der Waals surface area contributed by atoms with E-state index in [-0.39, 0.29) is 11.4 Å². The van der Waals surface area contributed by atoms with Crippen molar-refractivity contribution in [1.29, 1.82) is 0 Å². The van der Waals surface area contributed by atoms with Crippen molar-refractivity contribution >= 4 is 33.4 Å². The van der Waals surface area contributed by atoms with Crippen LogP contribution in [0.4, 0.5) is 10.3 Å². The highest BCUT2D eigenvalue weighted by Crippen LogP contribution is 2.40. The molecule has 0 radical (unpaired) electrons. The van der Waals surface area contributed by atoms with E-state index in [9.17, 15) is 4.39 Å². The first-order valence-corrected chi connectivity index (χ1v) is 7.20. The van der Waals surface area contributed by atoms with Gasteiger partial charge in [-0.2, -0.15) is 0 Å². The molecule has 2 aromatic carbocycles. The van der Waals surface area contributed by atoms with Gasteiger partial charge in [0.15, 0.2) is 0 Å². The van der Waals surface area contributed by atoms with Gasteiger partial charge in [0.2, 0.25) is 5.88 Å². The molecular formula is C15H9BrClFN2O. The van der Waals surface area contributed by atoms with Crippen LogP contribution in [0.25, 0.3) is 22.4 Å². The third kappa shape index (κ3) is 2.54. The van der Waals surface area contributed by atoms with Crippen molar-refractivity contribution in [1.82, 2.24) is 5.16 Å². The highest BCUT2D eigenvalue weighted by molar-refractivity contribution is 9.10. The third-order valence-electron chi connectivity index (χ3n) is 3.05. The molecule has 0 bridgehead atoms. The van der Waals surface area contributed by atoms with Crippen LogP contribution in [0.1, 0.15) is 0 Å². The van der Waals surface area contributed by atoms with Gasteiger partial charge >= 0.3 is 0 Å². The molecule has 0 aliphatic carbocycles. The van der Waals surface area contributed by atoms with Crippen molar-refractivity contribution in [2.75, 3.05) is 5.73 Å².